The molecule has 0 radical (unpaired) electrons. The first-order valence-corrected chi connectivity index (χ1v) is 12.0. The maximum Gasteiger partial charge on any atom is 0.310 e. The number of rotatable bonds is 8. The lowest BCUT2D eigenvalue weighted by Gasteiger charge is -2.32. The number of piperidine rings is 1. The van der Waals surface area contributed by atoms with E-state index in [0.717, 1.165) is 34.9 Å². The number of benzene rings is 2. The van der Waals surface area contributed by atoms with Gasteiger partial charge in [0.25, 0.3) is 0 Å². The smallest absolute Gasteiger partial charge is 0.310 e. The van der Waals surface area contributed by atoms with Crippen molar-refractivity contribution in [3.63, 3.8) is 0 Å². The van der Waals surface area contributed by atoms with Crippen LogP contribution in [0.2, 0.25) is 0 Å². The third-order valence-electron chi connectivity index (χ3n) is 5.93. The van der Waals surface area contributed by atoms with Crippen molar-refractivity contribution in [2.24, 2.45) is 0 Å². The summed E-state index contributed by atoms with van der Waals surface area (Å²) in [7, 11) is 0. The second-order valence-corrected chi connectivity index (χ2v) is 9.03. The first kappa shape index (κ1) is 21.0. The molecule has 1 aliphatic heterocycles. The van der Waals surface area contributed by atoms with Crippen LogP contribution in [-0.2, 0) is 10.5 Å². The molecule has 5 heteroatoms. The quantitative estimate of drug-likeness (QED) is 0.292. The van der Waals surface area contributed by atoms with Gasteiger partial charge in [0.05, 0.1) is 0 Å². The second-order valence-electron chi connectivity index (χ2n) is 7.93. The molecule has 1 fully saturated rings. The highest BCUT2D eigenvalue weighted by molar-refractivity contribution is 7.98. The minimum atomic E-state index is -0.197. The number of aromatic amines is 1. The zero-order valence-corrected chi connectivity index (χ0v) is 18.4. The fourth-order valence-corrected chi connectivity index (χ4v) is 5.13. The van der Waals surface area contributed by atoms with Crippen molar-refractivity contribution in [1.29, 1.82) is 0 Å². The topological polar surface area (TPSA) is 45.3 Å². The number of carbonyl (C=O) groups excluding carboxylic acids is 1. The molecule has 1 N–H and O–H groups in total. The zero-order chi connectivity index (χ0) is 20.8. The molecule has 158 valence electrons. The lowest BCUT2D eigenvalue weighted by Crippen LogP contribution is -2.34. The summed E-state index contributed by atoms with van der Waals surface area (Å²) in [5.41, 5.74) is 3.85. The standard InChI is InChI=1S/C25H30N2O2S/c1-2-25(28)29-22-8-9-24-23(16-22)21(17-26-24)18-30-15-14-27-12-10-20(11-13-27)19-6-4-3-5-7-19/h3-9,16-17,20,26H,2,10-15,18H2,1H3. The highest BCUT2D eigenvalue weighted by Gasteiger charge is 2.20. The molecule has 1 aliphatic rings. The lowest BCUT2D eigenvalue weighted by atomic mass is 9.89. The Morgan fingerprint density at radius 3 is 2.73 bits per heavy atom. The number of thioether (sulfide) groups is 1. The highest BCUT2D eigenvalue weighted by Crippen LogP contribution is 2.29. The first-order valence-electron chi connectivity index (χ1n) is 10.9. The zero-order valence-electron chi connectivity index (χ0n) is 17.6. The van der Waals surface area contributed by atoms with Crippen molar-refractivity contribution < 1.29 is 9.53 Å². The van der Waals surface area contributed by atoms with E-state index in [4.69, 9.17) is 4.74 Å². The van der Waals surface area contributed by atoms with Crippen LogP contribution in [-0.4, -0.2) is 41.2 Å². The number of likely N-dealkylation sites (tertiary alicyclic amines) is 1. The van der Waals surface area contributed by atoms with E-state index in [-0.39, 0.29) is 5.97 Å². The first-order chi connectivity index (χ1) is 14.7. The van der Waals surface area contributed by atoms with Crippen molar-refractivity contribution >= 4 is 28.6 Å². The van der Waals surface area contributed by atoms with Crippen LogP contribution >= 0.6 is 11.8 Å². The minimum Gasteiger partial charge on any atom is -0.427 e. The van der Waals surface area contributed by atoms with Crippen LogP contribution in [0.25, 0.3) is 10.9 Å². The molecular weight excluding hydrogens is 392 g/mol. The Labute approximate surface area is 183 Å². The Morgan fingerprint density at radius 2 is 1.97 bits per heavy atom. The van der Waals surface area contributed by atoms with Crippen LogP contribution in [0.4, 0.5) is 0 Å². The minimum absolute atomic E-state index is 0.197. The van der Waals surface area contributed by atoms with Crippen LogP contribution < -0.4 is 4.74 Å². The van der Waals surface area contributed by atoms with E-state index in [0.29, 0.717) is 12.2 Å². The van der Waals surface area contributed by atoms with Gasteiger partial charge in [0.1, 0.15) is 5.75 Å². The van der Waals surface area contributed by atoms with Gasteiger partial charge in [-0.25, -0.2) is 0 Å². The van der Waals surface area contributed by atoms with Gasteiger partial charge >= 0.3 is 5.97 Å². The number of nitrogens with one attached hydrogen (secondary N) is 1. The van der Waals surface area contributed by atoms with Gasteiger partial charge in [0, 0.05) is 41.6 Å². The molecule has 1 aromatic heterocycles. The molecule has 0 atom stereocenters. The van der Waals surface area contributed by atoms with Gasteiger partial charge in [0.15, 0.2) is 0 Å². The number of ether oxygens (including phenoxy) is 1. The summed E-state index contributed by atoms with van der Waals surface area (Å²) in [6, 6.07) is 16.8. The summed E-state index contributed by atoms with van der Waals surface area (Å²) < 4.78 is 5.38. The van der Waals surface area contributed by atoms with Crippen LogP contribution in [0.1, 0.15) is 43.2 Å². The fourth-order valence-electron chi connectivity index (χ4n) is 4.13. The summed E-state index contributed by atoms with van der Waals surface area (Å²) in [5.74, 6) is 3.24. The third kappa shape index (κ3) is 5.27. The largest absolute Gasteiger partial charge is 0.427 e. The monoisotopic (exact) mass is 422 g/mol. The summed E-state index contributed by atoms with van der Waals surface area (Å²) in [5, 5.41) is 1.15. The molecule has 0 bridgehead atoms. The fraction of sp³-hybridized carbons (Fsp3) is 0.400. The highest BCUT2D eigenvalue weighted by atomic mass is 32.2. The van der Waals surface area contributed by atoms with Gasteiger partial charge in [-0.2, -0.15) is 11.8 Å². The number of esters is 1. The van der Waals surface area contributed by atoms with E-state index in [1.807, 2.05) is 36.9 Å². The molecule has 1 saturated heterocycles. The summed E-state index contributed by atoms with van der Waals surface area (Å²) in [4.78, 5) is 17.5. The van der Waals surface area contributed by atoms with Crippen molar-refractivity contribution in [3.8, 4) is 5.75 Å². The van der Waals surface area contributed by atoms with E-state index >= 15 is 0 Å². The summed E-state index contributed by atoms with van der Waals surface area (Å²) >= 11 is 1.97. The molecule has 0 saturated carbocycles. The number of fused-ring (bicyclic) bond motifs is 1. The van der Waals surface area contributed by atoms with Crippen molar-refractivity contribution in [2.45, 2.75) is 37.9 Å². The Morgan fingerprint density at radius 1 is 1.17 bits per heavy atom. The molecule has 0 spiro atoms. The number of aromatic nitrogens is 1. The van der Waals surface area contributed by atoms with E-state index < -0.39 is 0 Å². The van der Waals surface area contributed by atoms with E-state index in [1.165, 1.54) is 37.1 Å². The molecule has 0 amide bonds. The van der Waals surface area contributed by atoms with Crippen LogP contribution in [0, 0.1) is 0 Å². The Balaban J connectivity index is 1.23. The van der Waals surface area contributed by atoms with Crippen molar-refractivity contribution in [3.05, 3.63) is 65.9 Å². The molecule has 4 rings (SSSR count). The van der Waals surface area contributed by atoms with Gasteiger partial charge in [-0.1, -0.05) is 37.3 Å². The van der Waals surface area contributed by atoms with Gasteiger partial charge in [0.2, 0.25) is 0 Å². The second kappa shape index (κ2) is 10.2. The Kier molecular flexibility index (Phi) is 7.13. The molecule has 0 unspecified atom stereocenters. The average Bonchev–Trinajstić information content (AvgIpc) is 3.20. The van der Waals surface area contributed by atoms with E-state index in [2.05, 4.69) is 46.4 Å². The van der Waals surface area contributed by atoms with E-state index in [1.54, 1.807) is 0 Å². The molecule has 30 heavy (non-hydrogen) atoms. The number of carbonyl (C=O) groups is 1. The summed E-state index contributed by atoms with van der Waals surface area (Å²) in [6.45, 7) is 5.34. The maximum atomic E-state index is 11.6. The number of nitrogens with zero attached hydrogens (tertiary/aromatic N) is 1. The van der Waals surface area contributed by atoms with Crippen LogP contribution in [0.5, 0.6) is 5.75 Å². The molecule has 2 heterocycles. The molecule has 0 aliphatic carbocycles. The predicted octanol–water partition coefficient (Wildman–Crippen LogP) is 5.60. The molecular formula is C25H30N2O2S. The molecule has 2 aromatic carbocycles. The van der Waals surface area contributed by atoms with E-state index in [9.17, 15) is 4.79 Å². The molecule has 4 nitrogen and oxygen atoms in total. The normalized spacial score (nSPS) is 15.5. The van der Waals surface area contributed by atoms with Crippen LogP contribution in [0.15, 0.2) is 54.7 Å². The SMILES string of the molecule is CCC(=O)Oc1ccc2[nH]cc(CSCCN3CCC(c4ccccc4)CC3)c2c1. The van der Waals surface area contributed by atoms with Gasteiger partial charge in [-0.3, -0.25) is 4.79 Å². The van der Waals surface area contributed by atoms with Crippen molar-refractivity contribution in [2.75, 3.05) is 25.4 Å². The number of hydrogen-bond donors (Lipinski definition) is 1. The van der Waals surface area contributed by atoms with Gasteiger partial charge < -0.3 is 14.6 Å². The molecule has 3 aromatic rings. The van der Waals surface area contributed by atoms with Gasteiger partial charge in [-0.15, -0.1) is 0 Å². The predicted molar refractivity (Wildman–Crippen MR) is 125 cm³/mol. The average molecular weight is 423 g/mol. The van der Waals surface area contributed by atoms with Crippen molar-refractivity contribution in [1.82, 2.24) is 9.88 Å². The summed E-state index contributed by atoms with van der Waals surface area (Å²) in [6.07, 6.45) is 4.98. The number of hydrogen-bond acceptors (Lipinski definition) is 4. The Bertz CT molecular complexity index is 962. The van der Waals surface area contributed by atoms with Gasteiger partial charge in [-0.05, 0) is 61.2 Å². The maximum absolute atomic E-state index is 11.6. The lowest BCUT2D eigenvalue weighted by molar-refractivity contribution is -0.134. The van der Waals surface area contributed by atoms with Crippen LogP contribution in [0.3, 0.4) is 0 Å². The number of H-pyrrole nitrogens is 1. The Hall–Kier alpha value is -2.24. The third-order valence-corrected chi connectivity index (χ3v) is 6.91.